The number of hydrogen-bond acceptors (Lipinski definition) is 4. The third-order valence-corrected chi connectivity index (χ3v) is 5.03. The zero-order chi connectivity index (χ0) is 19.2. The Morgan fingerprint density at radius 3 is 2.85 bits per heavy atom. The molecule has 0 radical (unpaired) electrons. The number of amides is 3. The number of hydrogen-bond donors (Lipinski definition) is 4. The van der Waals surface area contributed by atoms with Gasteiger partial charge in [-0.3, -0.25) is 4.79 Å². The summed E-state index contributed by atoms with van der Waals surface area (Å²) in [6.45, 7) is 1.65. The number of halogens is 1. The zero-order valence-corrected chi connectivity index (χ0v) is 15.3. The molecule has 2 heterocycles. The number of rotatable bonds is 3. The molecule has 1 saturated heterocycles. The quantitative estimate of drug-likeness (QED) is 0.609. The molecule has 0 saturated carbocycles. The van der Waals surface area contributed by atoms with Crippen molar-refractivity contribution in [3.05, 3.63) is 51.5 Å². The first-order valence-electron chi connectivity index (χ1n) is 8.51. The summed E-state index contributed by atoms with van der Waals surface area (Å²) in [7, 11) is 0. The summed E-state index contributed by atoms with van der Waals surface area (Å²) < 4.78 is 13.2. The highest BCUT2D eigenvalue weighted by Gasteiger charge is 2.21. The van der Waals surface area contributed by atoms with Gasteiger partial charge in [0.05, 0.1) is 10.6 Å². The Labute approximate surface area is 160 Å². The minimum atomic E-state index is -0.758. The number of piperidine rings is 1. The summed E-state index contributed by atoms with van der Waals surface area (Å²) in [5, 5.41) is 8.66. The van der Waals surface area contributed by atoms with Crippen molar-refractivity contribution in [1.82, 2.24) is 10.6 Å². The average molecular weight is 386 g/mol. The maximum absolute atomic E-state index is 13.2. The highest BCUT2D eigenvalue weighted by Crippen LogP contribution is 2.27. The second-order valence-electron chi connectivity index (χ2n) is 6.12. The number of benzene rings is 1. The van der Waals surface area contributed by atoms with Gasteiger partial charge in [0, 0.05) is 18.2 Å². The average Bonchev–Trinajstić information content (AvgIpc) is 3.03. The number of nitrogens with one attached hydrogen (secondary N) is 3. The molecular weight excluding hydrogens is 367 g/mol. The number of thiophene rings is 1. The molecule has 1 aromatic carbocycles. The summed E-state index contributed by atoms with van der Waals surface area (Å²) in [5.41, 5.74) is 6.04. The molecule has 0 bridgehead atoms. The molecule has 1 atom stereocenters. The van der Waals surface area contributed by atoms with E-state index in [0.29, 0.717) is 27.5 Å². The molecule has 0 spiro atoms. The number of nitrogens with two attached hydrogens (primary N) is 1. The van der Waals surface area contributed by atoms with Gasteiger partial charge in [-0.05, 0) is 43.7 Å². The summed E-state index contributed by atoms with van der Waals surface area (Å²) in [5.74, 6) is 5.10. The third-order valence-electron chi connectivity index (χ3n) is 3.98. The minimum Gasteiger partial charge on any atom is -0.351 e. The molecule has 0 aliphatic carbocycles. The van der Waals surface area contributed by atoms with Crippen LogP contribution >= 0.6 is 11.3 Å². The molecule has 1 fully saturated rings. The van der Waals surface area contributed by atoms with Crippen molar-refractivity contribution in [2.75, 3.05) is 18.4 Å². The lowest BCUT2D eigenvalue weighted by Crippen LogP contribution is -2.45. The topological polar surface area (TPSA) is 96.2 Å². The Hall–Kier alpha value is -2.89. The summed E-state index contributed by atoms with van der Waals surface area (Å²) >= 11 is 1.15. The molecule has 140 valence electrons. The van der Waals surface area contributed by atoms with Crippen LogP contribution in [0.3, 0.4) is 0 Å². The molecular formula is C19H19FN4O2S. The van der Waals surface area contributed by atoms with Crippen LogP contribution in [0, 0.1) is 17.7 Å². The number of anilines is 1. The van der Waals surface area contributed by atoms with Gasteiger partial charge < -0.3 is 21.7 Å². The molecule has 8 heteroatoms. The van der Waals surface area contributed by atoms with Crippen molar-refractivity contribution in [1.29, 1.82) is 0 Å². The van der Waals surface area contributed by atoms with Crippen LogP contribution in [0.25, 0.3) is 0 Å². The first-order valence-corrected chi connectivity index (χ1v) is 9.32. The van der Waals surface area contributed by atoms with E-state index in [1.165, 1.54) is 12.1 Å². The number of urea groups is 1. The lowest BCUT2D eigenvalue weighted by Gasteiger charge is -2.23. The van der Waals surface area contributed by atoms with Gasteiger partial charge in [0.15, 0.2) is 0 Å². The van der Waals surface area contributed by atoms with E-state index < -0.39 is 6.03 Å². The molecule has 3 rings (SSSR count). The third kappa shape index (κ3) is 5.29. The van der Waals surface area contributed by atoms with Crippen LogP contribution in [0.2, 0.25) is 0 Å². The predicted octanol–water partition coefficient (Wildman–Crippen LogP) is 2.26. The van der Waals surface area contributed by atoms with E-state index in [-0.39, 0.29) is 17.8 Å². The molecule has 5 N–H and O–H groups in total. The van der Waals surface area contributed by atoms with Crippen molar-refractivity contribution in [2.24, 2.45) is 5.73 Å². The smallest absolute Gasteiger partial charge is 0.316 e. The fourth-order valence-electron chi connectivity index (χ4n) is 2.77. The van der Waals surface area contributed by atoms with Crippen molar-refractivity contribution < 1.29 is 14.0 Å². The van der Waals surface area contributed by atoms with Crippen molar-refractivity contribution >= 4 is 29.0 Å². The lowest BCUT2D eigenvalue weighted by atomic mass is 10.1. The predicted molar refractivity (Wildman–Crippen MR) is 103 cm³/mol. The lowest BCUT2D eigenvalue weighted by molar-refractivity contribution is 0.0935. The fraction of sp³-hybridized carbons (Fsp3) is 0.263. The summed E-state index contributed by atoms with van der Waals surface area (Å²) in [6, 6.07) is 6.81. The SMILES string of the molecule is NC(=O)Nc1cc(C#Cc2cccc(F)c2)sc1C(=O)N[C@H]1CCCNC1. The van der Waals surface area contributed by atoms with Crippen LogP contribution in [0.5, 0.6) is 0 Å². The monoisotopic (exact) mass is 386 g/mol. The highest BCUT2D eigenvalue weighted by molar-refractivity contribution is 7.15. The Morgan fingerprint density at radius 1 is 1.30 bits per heavy atom. The summed E-state index contributed by atoms with van der Waals surface area (Å²) in [4.78, 5) is 24.8. The second-order valence-corrected chi connectivity index (χ2v) is 7.17. The van der Waals surface area contributed by atoms with E-state index in [9.17, 15) is 14.0 Å². The van der Waals surface area contributed by atoms with Crippen LogP contribution < -0.4 is 21.7 Å². The van der Waals surface area contributed by atoms with Crippen molar-refractivity contribution in [2.45, 2.75) is 18.9 Å². The molecule has 2 aromatic rings. The molecule has 0 unspecified atom stereocenters. The van der Waals surface area contributed by atoms with Crippen LogP contribution in [-0.2, 0) is 0 Å². The van der Waals surface area contributed by atoms with Crippen molar-refractivity contribution in [3.63, 3.8) is 0 Å². The fourth-order valence-corrected chi connectivity index (χ4v) is 3.64. The number of carbonyl (C=O) groups excluding carboxylic acids is 2. The normalized spacial score (nSPS) is 16.1. The second kappa shape index (κ2) is 8.66. The van der Waals surface area contributed by atoms with E-state index >= 15 is 0 Å². The highest BCUT2D eigenvalue weighted by atomic mass is 32.1. The standard InChI is InChI=1S/C19H19FN4O2S/c20-13-4-1-3-12(9-13)6-7-15-10-16(24-19(21)26)17(27-15)18(25)23-14-5-2-8-22-11-14/h1,3-4,9-10,14,22H,2,5,8,11H2,(H,23,25)(H3,21,24,26)/t14-/m0/s1. The zero-order valence-electron chi connectivity index (χ0n) is 14.5. The van der Waals surface area contributed by atoms with E-state index in [0.717, 1.165) is 30.7 Å². The maximum Gasteiger partial charge on any atom is 0.316 e. The molecule has 1 aromatic heterocycles. The van der Waals surface area contributed by atoms with Gasteiger partial charge in [-0.2, -0.15) is 0 Å². The Balaban J connectivity index is 1.82. The van der Waals surface area contributed by atoms with Gasteiger partial charge in [-0.15, -0.1) is 11.3 Å². The van der Waals surface area contributed by atoms with Crippen LogP contribution in [0.15, 0.2) is 30.3 Å². The molecule has 6 nitrogen and oxygen atoms in total. The number of primary amides is 1. The van der Waals surface area contributed by atoms with Crippen molar-refractivity contribution in [3.8, 4) is 11.8 Å². The summed E-state index contributed by atoms with van der Waals surface area (Å²) in [6.07, 6.45) is 1.89. The van der Waals surface area contributed by atoms with Crippen LogP contribution in [0.1, 0.15) is 33.0 Å². The van der Waals surface area contributed by atoms with Gasteiger partial charge >= 0.3 is 6.03 Å². The minimum absolute atomic E-state index is 0.0385. The van der Waals surface area contributed by atoms with E-state index in [4.69, 9.17) is 5.73 Å². The first-order chi connectivity index (χ1) is 13.0. The number of carbonyl (C=O) groups is 2. The van der Waals surface area contributed by atoms with Gasteiger partial charge in [-0.25, -0.2) is 9.18 Å². The van der Waals surface area contributed by atoms with E-state index in [1.807, 2.05) is 0 Å². The molecule has 1 aliphatic rings. The largest absolute Gasteiger partial charge is 0.351 e. The van der Waals surface area contributed by atoms with Crippen LogP contribution in [-0.4, -0.2) is 31.1 Å². The van der Waals surface area contributed by atoms with Crippen LogP contribution in [0.4, 0.5) is 14.9 Å². The molecule has 1 aliphatic heterocycles. The first kappa shape index (κ1) is 18.9. The van der Waals surface area contributed by atoms with E-state index in [2.05, 4.69) is 27.8 Å². The van der Waals surface area contributed by atoms with Gasteiger partial charge in [0.25, 0.3) is 5.91 Å². The van der Waals surface area contributed by atoms with Gasteiger partial charge in [0.1, 0.15) is 10.7 Å². The Morgan fingerprint density at radius 2 is 2.15 bits per heavy atom. The molecule has 3 amide bonds. The Kier molecular flexibility index (Phi) is 6.06. The molecule has 27 heavy (non-hydrogen) atoms. The van der Waals surface area contributed by atoms with Gasteiger partial charge in [-0.1, -0.05) is 17.9 Å². The van der Waals surface area contributed by atoms with Gasteiger partial charge in [0.2, 0.25) is 0 Å². The Bertz CT molecular complexity index is 910. The van der Waals surface area contributed by atoms with E-state index in [1.54, 1.807) is 18.2 Å². The maximum atomic E-state index is 13.2.